The van der Waals surface area contributed by atoms with E-state index in [1.54, 1.807) is 0 Å². The van der Waals surface area contributed by atoms with Crippen molar-refractivity contribution in [3.05, 3.63) is 0 Å². The minimum absolute atomic E-state index is 0.272. The van der Waals surface area contributed by atoms with Crippen LogP contribution in [0.15, 0.2) is 0 Å². The third-order valence-corrected chi connectivity index (χ3v) is 4.37. The van der Waals surface area contributed by atoms with Gasteiger partial charge in [-0.2, -0.15) is 0 Å². The molecule has 2 rings (SSSR count). The number of carbonyl (C=O) groups is 1. The molecule has 0 spiro atoms. The summed E-state index contributed by atoms with van der Waals surface area (Å²) in [6.07, 6.45) is 4.02. The van der Waals surface area contributed by atoms with Crippen molar-refractivity contribution in [3.8, 4) is 0 Å². The Labute approximate surface area is 111 Å². The molecule has 1 saturated heterocycles. The molecule has 2 aliphatic rings. The monoisotopic (exact) mass is 253 g/mol. The topological polar surface area (TPSA) is 35.6 Å². The molecule has 1 aliphatic carbocycles. The summed E-state index contributed by atoms with van der Waals surface area (Å²) in [7, 11) is 2.11. The number of piperazine rings is 1. The Morgan fingerprint density at radius 2 is 1.94 bits per heavy atom. The fraction of sp³-hybridized carbons (Fsp3) is 0.929. The molecule has 18 heavy (non-hydrogen) atoms. The van der Waals surface area contributed by atoms with Crippen LogP contribution < -0.4 is 5.32 Å². The standard InChI is InChI=1S/C14H27N3O/c1-12-3-4-13(9-12)10-15-11-14(18)17-7-5-16(2)6-8-17/h12-13,15H,3-11H2,1-2H3. The van der Waals surface area contributed by atoms with E-state index in [1.165, 1.54) is 19.3 Å². The lowest BCUT2D eigenvalue weighted by atomic mass is 10.1. The van der Waals surface area contributed by atoms with Crippen molar-refractivity contribution >= 4 is 5.91 Å². The second-order valence-corrected chi connectivity index (χ2v) is 6.10. The van der Waals surface area contributed by atoms with Crippen LogP contribution in [0.1, 0.15) is 26.2 Å². The fourth-order valence-corrected chi connectivity index (χ4v) is 3.06. The van der Waals surface area contributed by atoms with E-state index >= 15 is 0 Å². The molecule has 2 atom stereocenters. The zero-order valence-electron chi connectivity index (χ0n) is 11.8. The third-order valence-electron chi connectivity index (χ3n) is 4.37. The SMILES string of the molecule is CC1CCC(CNCC(=O)N2CCN(C)CC2)C1. The molecular formula is C14H27N3O. The first kappa shape index (κ1) is 13.8. The molecule has 2 fully saturated rings. The molecule has 104 valence electrons. The predicted octanol–water partition coefficient (Wildman–Crippen LogP) is 0.786. The first-order chi connectivity index (χ1) is 8.65. The van der Waals surface area contributed by atoms with Gasteiger partial charge in [0.2, 0.25) is 5.91 Å². The molecule has 1 N–H and O–H groups in total. The number of carbonyl (C=O) groups excluding carboxylic acids is 1. The summed E-state index contributed by atoms with van der Waals surface area (Å²) in [4.78, 5) is 16.3. The molecule has 4 nitrogen and oxygen atoms in total. The van der Waals surface area contributed by atoms with Crippen molar-refractivity contribution in [2.75, 3.05) is 46.3 Å². The second kappa shape index (κ2) is 6.53. The van der Waals surface area contributed by atoms with Crippen LogP contribution >= 0.6 is 0 Å². The molecule has 0 aromatic heterocycles. The van der Waals surface area contributed by atoms with Crippen LogP contribution in [0.25, 0.3) is 0 Å². The summed E-state index contributed by atoms with van der Waals surface area (Å²) in [6.45, 7) is 7.65. The van der Waals surface area contributed by atoms with E-state index in [2.05, 4.69) is 24.2 Å². The van der Waals surface area contributed by atoms with Gasteiger partial charge in [0.05, 0.1) is 6.54 Å². The molecule has 0 radical (unpaired) electrons. The minimum atomic E-state index is 0.272. The van der Waals surface area contributed by atoms with E-state index < -0.39 is 0 Å². The van der Waals surface area contributed by atoms with E-state index in [9.17, 15) is 4.79 Å². The molecule has 1 saturated carbocycles. The van der Waals surface area contributed by atoms with Crippen LogP contribution in [0.2, 0.25) is 0 Å². The summed E-state index contributed by atoms with van der Waals surface area (Å²) in [6, 6.07) is 0. The highest BCUT2D eigenvalue weighted by molar-refractivity contribution is 5.78. The normalized spacial score (nSPS) is 29.8. The van der Waals surface area contributed by atoms with E-state index in [0.717, 1.165) is 44.6 Å². The highest BCUT2D eigenvalue weighted by atomic mass is 16.2. The van der Waals surface area contributed by atoms with Crippen LogP contribution in [0.4, 0.5) is 0 Å². The molecule has 0 aromatic carbocycles. The number of likely N-dealkylation sites (N-methyl/N-ethyl adjacent to an activating group) is 1. The van der Waals surface area contributed by atoms with Crippen LogP contribution in [0, 0.1) is 11.8 Å². The molecule has 1 amide bonds. The molecule has 4 heteroatoms. The van der Waals surface area contributed by atoms with Gasteiger partial charge >= 0.3 is 0 Å². The lowest BCUT2D eigenvalue weighted by molar-refractivity contribution is -0.131. The lowest BCUT2D eigenvalue weighted by Gasteiger charge is -2.32. The first-order valence-electron chi connectivity index (χ1n) is 7.32. The molecular weight excluding hydrogens is 226 g/mol. The Morgan fingerprint density at radius 3 is 2.56 bits per heavy atom. The van der Waals surface area contributed by atoms with Gasteiger partial charge in [-0.1, -0.05) is 13.3 Å². The van der Waals surface area contributed by atoms with E-state index in [4.69, 9.17) is 0 Å². The van der Waals surface area contributed by atoms with Gasteiger partial charge in [-0.25, -0.2) is 0 Å². The highest BCUT2D eigenvalue weighted by Gasteiger charge is 2.22. The van der Waals surface area contributed by atoms with Crippen LogP contribution in [-0.2, 0) is 4.79 Å². The number of hydrogen-bond donors (Lipinski definition) is 1. The van der Waals surface area contributed by atoms with Crippen molar-refractivity contribution in [2.24, 2.45) is 11.8 Å². The number of amides is 1. The third kappa shape index (κ3) is 3.95. The average molecular weight is 253 g/mol. The predicted molar refractivity (Wildman–Crippen MR) is 73.5 cm³/mol. The van der Waals surface area contributed by atoms with Gasteiger partial charge in [-0.3, -0.25) is 4.79 Å². The smallest absolute Gasteiger partial charge is 0.236 e. The fourth-order valence-electron chi connectivity index (χ4n) is 3.06. The number of nitrogens with zero attached hydrogens (tertiary/aromatic N) is 2. The van der Waals surface area contributed by atoms with Gasteiger partial charge in [0.1, 0.15) is 0 Å². The lowest BCUT2D eigenvalue weighted by Crippen LogP contribution is -2.49. The number of hydrogen-bond acceptors (Lipinski definition) is 3. The quantitative estimate of drug-likeness (QED) is 0.804. The van der Waals surface area contributed by atoms with E-state index in [1.807, 2.05) is 4.90 Å². The van der Waals surface area contributed by atoms with Gasteiger partial charge in [-0.05, 0) is 38.3 Å². The van der Waals surface area contributed by atoms with Crippen LogP contribution in [0.3, 0.4) is 0 Å². The molecule has 1 heterocycles. The maximum atomic E-state index is 12.0. The van der Waals surface area contributed by atoms with Crippen molar-refractivity contribution in [1.82, 2.24) is 15.1 Å². The summed E-state index contributed by atoms with van der Waals surface area (Å²) in [5.74, 6) is 1.94. The van der Waals surface area contributed by atoms with Crippen molar-refractivity contribution in [2.45, 2.75) is 26.2 Å². The molecule has 0 aromatic rings. The maximum Gasteiger partial charge on any atom is 0.236 e. The first-order valence-corrected chi connectivity index (χ1v) is 7.32. The maximum absolute atomic E-state index is 12.0. The largest absolute Gasteiger partial charge is 0.339 e. The molecule has 1 aliphatic heterocycles. The van der Waals surface area contributed by atoms with Crippen molar-refractivity contribution < 1.29 is 4.79 Å². The summed E-state index contributed by atoms with van der Waals surface area (Å²) in [5, 5.41) is 3.35. The summed E-state index contributed by atoms with van der Waals surface area (Å²) in [5.41, 5.74) is 0. The van der Waals surface area contributed by atoms with E-state index in [0.29, 0.717) is 6.54 Å². The van der Waals surface area contributed by atoms with Gasteiger partial charge in [0, 0.05) is 26.2 Å². The van der Waals surface area contributed by atoms with Crippen molar-refractivity contribution in [1.29, 1.82) is 0 Å². The number of nitrogens with one attached hydrogen (secondary N) is 1. The van der Waals surface area contributed by atoms with Crippen LogP contribution in [0.5, 0.6) is 0 Å². The zero-order chi connectivity index (χ0) is 13.0. The minimum Gasteiger partial charge on any atom is -0.339 e. The van der Waals surface area contributed by atoms with Crippen molar-refractivity contribution in [3.63, 3.8) is 0 Å². The Balaban J connectivity index is 1.60. The molecule has 0 bridgehead atoms. The Morgan fingerprint density at radius 1 is 1.22 bits per heavy atom. The highest BCUT2D eigenvalue weighted by Crippen LogP contribution is 2.29. The summed E-state index contributed by atoms with van der Waals surface area (Å²) >= 11 is 0. The Hall–Kier alpha value is -0.610. The Bertz CT molecular complexity index is 274. The summed E-state index contributed by atoms with van der Waals surface area (Å²) < 4.78 is 0. The van der Waals surface area contributed by atoms with Gasteiger partial charge in [0.15, 0.2) is 0 Å². The van der Waals surface area contributed by atoms with Gasteiger partial charge in [-0.15, -0.1) is 0 Å². The Kier molecular flexibility index (Phi) is 5.01. The van der Waals surface area contributed by atoms with Gasteiger partial charge < -0.3 is 15.1 Å². The van der Waals surface area contributed by atoms with Gasteiger partial charge in [0.25, 0.3) is 0 Å². The molecule has 2 unspecified atom stereocenters. The number of rotatable bonds is 4. The van der Waals surface area contributed by atoms with Crippen LogP contribution in [-0.4, -0.2) is 62.0 Å². The zero-order valence-corrected chi connectivity index (χ0v) is 11.8. The van der Waals surface area contributed by atoms with E-state index in [-0.39, 0.29) is 5.91 Å². The average Bonchev–Trinajstić information content (AvgIpc) is 2.76. The second-order valence-electron chi connectivity index (χ2n) is 6.10.